The van der Waals surface area contributed by atoms with Gasteiger partial charge in [0.2, 0.25) is 11.8 Å². The molecule has 2 aromatic carbocycles. The summed E-state index contributed by atoms with van der Waals surface area (Å²) >= 11 is 0. The SMILES string of the molecule is COc1ccc(/C=C/C(=O)Nc2ccc(Oc3cc(-n4ccnc4)nc(C)n3)cc2)cc1. The first-order valence-electron chi connectivity index (χ1n) is 9.84. The van der Waals surface area contributed by atoms with Crippen LogP contribution >= 0.6 is 0 Å². The molecule has 0 radical (unpaired) electrons. The summed E-state index contributed by atoms with van der Waals surface area (Å²) in [6.45, 7) is 1.80. The van der Waals surface area contributed by atoms with Gasteiger partial charge in [-0.05, 0) is 55.0 Å². The molecule has 0 atom stereocenters. The number of anilines is 1. The van der Waals surface area contributed by atoms with Crippen molar-refractivity contribution in [2.45, 2.75) is 6.92 Å². The third-order valence-electron chi connectivity index (χ3n) is 4.46. The molecule has 2 aromatic heterocycles. The number of imidazole rings is 1. The molecule has 1 N–H and O–H groups in total. The summed E-state index contributed by atoms with van der Waals surface area (Å²) in [5.74, 6) is 2.79. The second kappa shape index (κ2) is 9.57. The van der Waals surface area contributed by atoms with Crippen LogP contribution in [0.4, 0.5) is 5.69 Å². The number of methoxy groups -OCH3 is 1. The van der Waals surface area contributed by atoms with E-state index >= 15 is 0 Å². The van der Waals surface area contributed by atoms with Crippen molar-refractivity contribution in [2.75, 3.05) is 12.4 Å². The normalized spacial score (nSPS) is 10.8. The number of carbonyl (C=O) groups is 1. The molecule has 2 heterocycles. The largest absolute Gasteiger partial charge is 0.497 e. The van der Waals surface area contributed by atoms with Gasteiger partial charge in [-0.1, -0.05) is 12.1 Å². The number of nitrogens with one attached hydrogen (secondary N) is 1. The Morgan fingerprint density at radius 3 is 2.47 bits per heavy atom. The van der Waals surface area contributed by atoms with E-state index in [1.54, 1.807) is 73.7 Å². The smallest absolute Gasteiger partial charge is 0.248 e. The fraction of sp³-hybridized carbons (Fsp3) is 0.0833. The number of hydrogen-bond donors (Lipinski definition) is 1. The summed E-state index contributed by atoms with van der Waals surface area (Å²) in [5.41, 5.74) is 1.56. The number of ether oxygens (including phenoxy) is 2. The molecule has 1 amide bonds. The highest BCUT2D eigenvalue weighted by atomic mass is 16.5. The number of aromatic nitrogens is 4. The third-order valence-corrected chi connectivity index (χ3v) is 4.46. The zero-order valence-corrected chi connectivity index (χ0v) is 17.6. The zero-order chi connectivity index (χ0) is 22.3. The summed E-state index contributed by atoms with van der Waals surface area (Å²) in [7, 11) is 1.61. The molecular formula is C24H21N5O3. The molecule has 0 aliphatic rings. The first-order chi connectivity index (χ1) is 15.6. The van der Waals surface area contributed by atoms with Crippen LogP contribution in [0.25, 0.3) is 11.9 Å². The molecule has 4 aromatic rings. The molecule has 8 heteroatoms. The Hall–Kier alpha value is -4.46. The summed E-state index contributed by atoms with van der Waals surface area (Å²) in [5, 5.41) is 2.82. The van der Waals surface area contributed by atoms with Gasteiger partial charge in [-0.25, -0.2) is 9.97 Å². The molecule has 8 nitrogen and oxygen atoms in total. The van der Waals surface area contributed by atoms with E-state index in [1.807, 2.05) is 24.3 Å². The van der Waals surface area contributed by atoms with Gasteiger partial charge in [0.1, 0.15) is 29.5 Å². The summed E-state index contributed by atoms with van der Waals surface area (Å²) in [6.07, 6.45) is 8.35. The van der Waals surface area contributed by atoms with E-state index in [-0.39, 0.29) is 5.91 Å². The summed E-state index contributed by atoms with van der Waals surface area (Å²) in [6, 6.07) is 16.2. The fourth-order valence-corrected chi connectivity index (χ4v) is 2.90. The highest BCUT2D eigenvalue weighted by molar-refractivity contribution is 6.01. The lowest BCUT2D eigenvalue weighted by Gasteiger charge is -2.09. The Morgan fingerprint density at radius 1 is 1.03 bits per heavy atom. The first kappa shape index (κ1) is 20.8. The van der Waals surface area contributed by atoms with Gasteiger partial charge in [-0.3, -0.25) is 9.36 Å². The lowest BCUT2D eigenvalue weighted by molar-refractivity contribution is -0.111. The highest BCUT2D eigenvalue weighted by Crippen LogP contribution is 2.23. The zero-order valence-electron chi connectivity index (χ0n) is 17.6. The van der Waals surface area contributed by atoms with Crippen LogP contribution in [0.5, 0.6) is 17.4 Å². The van der Waals surface area contributed by atoms with Crippen molar-refractivity contribution >= 4 is 17.7 Å². The van der Waals surface area contributed by atoms with Crippen LogP contribution in [0.1, 0.15) is 11.4 Å². The lowest BCUT2D eigenvalue weighted by atomic mass is 10.2. The van der Waals surface area contributed by atoms with Crippen LogP contribution in [0.3, 0.4) is 0 Å². The minimum atomic E-state index is -0.231. The average Bonchev–Trinajstić information content (AvgIpc) is 3.34. The van der Waals surface area contributed by atoms with Gasteiger partial charge in [0, 0.05) is 30.2 Å². The van der Waals surface area contributed by atoms with Gasteiger partial charge in [0.15, 0.2) is 0 Å². The number of benzene rings is 2. The molecular weight excluding hydrogens is 406 g/mol. The summed E-state index contributed by atoms with van der Waals surface area (Å²) < 4.78 is 12.8. The Balaban J connectivity index is 1.38. The number of hydrogen-bond acceptors (Lipinski definition) is 6. The van der Waals surface area contributed by atoms with Crippen molar-refractivity contribution in [3.63, 3.8) is 0 Å². The van der Waals surface area contributed by atoms with Crippen molar-refractivity contribution in [3.8, 4) is 23.2 Å². The average molecular weight is 427 g/mol. The van der Waals surface area contributed by atoms with Crippen LogP contribution < -0.4 is 14.8 Å². The fourth-order valence-electron chi connectivity index (χ4n) is 2.90. The molecule has 0 unspecified atom stereocenters. The second-order valence-corrected chi connectivity index (χ2v) is 6.80. The number of rotatable bonds is 7. The van der Waals surface area contributed by atoms with Crippen molar-refractivity contribution in [1.29, 1.82) is 0 Å². The maximum Gasteiger partial charge on any atom is 0.248 e. The van der Waals surface area contributed by atoms with Gasteiger partial charge in [0.05, 0.1) is 7.11 Å². The molecule has 0 bridgehead atoms. The summed E-state index contributed by atoms with van der Waals surface area (Å²) in [4.78, 5) is 24.9. The monoisotopic (exact) mass is 427 g/mol. The van der Waals surface area contributed by atoms with Crippen LogP contribution in [-0.2, 0) is 4.79 Å². The number of nitrogens with zero attached hydrogens (tertiary/aromatic N) is 4. The van der Waals surface area contributed by atoms with Crippen LogP contribution in [0.15, 0.2) is 79.4 Å². The van der Waals surface area contributed by atoms with Crippen LogP contribution in [0, 0.1) is 6.92 Å². The third kappa shape index (κ3) is 5.37. The van der Waals surface area contributed by atoms with E-state index in [2.05, 4.69) is 20.3 Å². The standard InChI is InChI=1S/C24H21N5O3/c1-17-26-22(29-14-13-25-16-29)15-24(27-17)32-21-10-6-19(7-11-21)28-23(30)12-5-18-3-8-20(31-2)9-4-18/h3-16H,1-2H3,(H,28,30)/b12-5+. The van der Waals surface area contributed by atoms with Crippen molar-refractivity contribution in [1.82, 2.24) is 19.5 Å². The molecule has 0 aliphatic heterocycles. The lowest BCUT2D eigenvalue weighted by Crippen LogP contribution is -2.07. The highest BCUT2D eigenvalue weighted by Gasteiger charge is 2.07. The quantitative estimate of drug-likeness (QED) is 0.439. The molecule has 32 heavy (non-hydrogen) atoms. The van der Waals surface area contributed by atoms with Gasteiger partial charge in [0.25, 0.3) is 0 Å². The van der Waals surface area contributed by atoms with E-state index in [9.17, 15) is 4.79 Å². The maximum absolute atomic E-state index is 12.2. The Morgan fingerprint density at radius 2 is 1.78 bits per heavy atom. The van der Waals surface area contributed by atoms with Crippen molar-refractivity contribution in [3.05, 3.63) is 90.8 Å². The van der Waals surface area contributed by atoms with Gasteiger partial charge in [-0.15, -0.1) is 0 Å². The molecule has 0 saturated carbocycles. The van der Waals surface area contributed by atoms with E-state index < -0.39 is 0 Å². The molecule has 0 saturated heterocycles. The number of aryl methyl sites for hydroxylation is 1. The predicted octanol–water partition coefficient (Wildman–Crippen LogP) is 4.42. The van der Waals surface area contributed by atoms with Crippen LogP contribution in [-0.4, -0.2) is 32.5 Å². The predicted molar refractivity (Wildman–Crippen MR) is 121 cm³/mol. The Bertz CT molecular complexity index is 1220. The molecule has 160 valence electrons. The van der Waals surface area contributed by atoms with E-state index in [1.165, 1.54) is 6.08 Å². The van der Waals surface area contributed by atoms with E-state index in [4.69, 9.17) is 9.47 Å². The van der Waals surface area contributed by atoms with Gasteiger partial charge < -0.3 is 14.8 Å². The second-order valence-electron chi connectivity index (χ2n) is 6.80. The molecule has 0 fully saturated rings. The van der Waals surface area contributed by atoms with E-state index in [0.29, 0.717) is 29.0 Å². The number of carbonyl (C=O) groups excluding carboxylic acids is 1. The topological polar surface area (TPSA) is 91.2 Å². The Labute approximate surface area is 185 Å². The van der Waals surface area contributed by atoms with Crippen molar-refractivity contribution in [2.24, 2.45) is 0 Å². The first-order valence-corrected chi connectivity index (χ1v) is 9.84. The minimum absolute atomic E-state index is 0.231. The van der Waals surface area contributed by atoms with Gasteiger partial charge >= 0.3 is 0 Å². The van der Waals surface area contributed by atoms with E-state index in [0.717, 1.165) is 11.3 Å². The maximum atomic E-state index is 12.2. The molecule has 0 aliphatic carbocycles. The minimum Gasteiger partial charge on any atom is -0.497 e. The van der Waals surface area contributed by atoms with Crippen molar-refractivity contribution < 1.29 is 14.3 Å². The molecule has 0 spiro atoms. The van der Waals surface area contributed by atoms with Gasteiger partial charge in [-0.2, -0.15) is 4.98 Å². The molecule has 4 rings (SSSR count). The van der Waals surface area contributed by atoms with Crippen LogP contribution in [0.2, 0.25) is 0 Å². The Kier molecular flexibility index (Phi) is 6.22. The number of amides is 1.